The van der Waals surface area contributed by atoms with Crippen molar-refractivity contribution in [3.05, 3.63) is 12.2 Å². The Morgan fingerprint density at radius 2 is 2.29 bits per heavy atom. The maximum atomic E-state index is 11.1. The van der Waals surface area contributed by atoms with E-state index in [0.717, 1.165) is 12.8 Å². The second-order valence-corrected chi connectivity index (χ2v) is 3.95. The highest BCUT2D eigenvalue weighted by Gasteiger charge is 2.41. The predicted octanol–water partition coefficient (Wildman–Crippen LogP) is 2.93. The number of rotatable bonds is 6. The molecule has 0 N–H and O–H groups in total. The molecule has 0 aliphatic heterocycles. The Kier molecular flexibility index (Phi) is 4.71. The molecule has 1 unspecified atom stereocenters. The van der Waals surface area contributed by atoms with E-state index in [1.807, 2.05) is 0 Å². The summed E-state index contributed by atoms with van der Waals surface area (Å²) in [5, 5.41) is 0. The number of allylic oxidation sites excluding steroid dienone is 2. The van der Waals surface area contributed by atoms with Gasteiger partial charge >= 0.3 is 5.97 Å². The van der Waals surface area contributed by atoms with E-state index in [4.69, 9.17) is 0 Å². The highest BCUT2D eigenvalue weighted by Crippen LogP contribution is 2.40. The molecule has 14 heavy (non-hydrogen) atoms. The summed E-state index contributed by atoms with van der Waals surface area (Å²) in [5.74, 6) is 0.569. The van der Waals surface area contributed by atoms with Crippen molar-refractivity contribution in [3.63, 3.8) is 0 Å². The van der Waals surface area contributed by atoms with Gasteiger partial charge in [0, 0.05) is 0 Å². The Morgan fingerprint density at radius 3 is 2.93 bits per heavy atom. The van der Waals surface area contributed by atoms with Crippen LogP contribution in [0.15, 0.2) is 12.2 Å². The molecule has 0 spiro atoms. The fourth-order valence-corrected chi connectivity index (χ4v) is 1.63. The molecule has 0 aromatic heterocycles. The maximum absolute atomic E-state index is 11.1. The van der Waals surface area contributed by atoms with Gasteiger partial charge in [-0.2, -0.15) is 0 Å². The Hall–Kier alpha value is -0.790. The standard InChI is InChI=1S/C12H20O2/c1-3-4-5-6-7-8-10-9-11(10)12(13)14-2/h7-8,10-11H,3-6,9H2,1-2H3/b8-7-/t10-,11?/m1/s1. The molecule has 1 saturated carbocycles. The fraction of sp³-hybridized carbons (Fsp3) is 0.750. The molecule has 1 rings (SSSR count). The van der Waals surface area contributed by atoms with Crippen LogP contribution >= 0.6 is 0 Å². The van der Waals surface area contributed by atoms with Crippen molar-refractivity contribution >= 4 is 5.97 Å². The van der Waals surface area contributed by atoms with E-state index in [2.05, 4.69) is 23.8 Å². The smallest absolute Gasteiger partial charge is 0.309 e. The molecule has 0 aromatic rings. The lowest BCUT2D eigenvalue weighted by Gasteiger charge is -1.94. The van der Waals surface area contributed by atoms with E-state index >= 15 is 0 Å². The summed E-state index contributed by atoms with van der Waals surface area (Å²) < 4.78 is 4.68. The topological polar surface area (TPSA) is 26.3 Å². The van der Waals surface area contributed by atoms with Crippen LogP contribution in [0.25, 0.3) is 0 Å². The van der Waals surface area contributed by atoms with Crippen molar-refractivity contribution < 1.29 is 9.53 Å². The summed E-state index contributed by atoms with van der Waals surface area (Å²) in [7, 11) is 1.46. The molecule has 2 atom stereocenters. The lowest BCUT2D eigenvalue weighted by molar-refractivity contribution is -0.142. The summed E-state index contributed by atoms with van der Waals surface area (Å²) in [6, 6.07) is 0. The van der Waals surface area contributed by atoms with Crippen molar-refractivity contribution in [2.24, 2.45) is 11.8 Å². The zero-order chi connectivity index (χ0) is 10.4. The summed E-state index contributed by atoms with van der Waals surface area (Å²) in [6.45, 7) is 2.21. The quantitative estimate of drug-likeness (QED) is 0.371. The second kappa shape index (κ2) is 5.84. The third-order valence-electron chi connectivity index (χ3n) is 2.70. The van der Waals surface area contributed by atoms with Crippen molar-refractivity contribution in [1.82, 2.24) is 0 Å². The van der Waals surface area contributed by atoms with Crippen molar-refractivity contribution in [3.8, 4) is 0 Å². The number of hydrogen-bond donors (Lipinski definition) is 0. The van der Waals surface area contributed by atoms with Gasteiger partial charge < -0.3 is 4.74 Å². The van der Waals surface area contributed by atoms with Crippen LogP contribution in [0, 0.1) is 11.8 Å². The molecule has 1 fully saturated rings. The van der Waals surface area contributed by atoms with Gasteiger partial charge in [0.25, 0.3) is 0 Å². The van der Waals surface area contributed by atoms with Crippen LogP contribution in [-0.4, -0.2) is 13.1 Å². The molecule has 0 bridgehead atoms. The first-order valence-electron chi connectivity index (χ1n) is 5.54. The zero-order valence-electron chi connectivity index (χ0n) is 9.16. The minimum Gasteiger partial charge on any atom is -0.469 e. The van der Waals surface area contributed by atoms with E-state index in [9.17, 15) is 4.79 Å². The summed E-state index contributed by atoms with van der Waals surface area (Å²) in [5.41, 5.74) is 0. The maximum Gasteiger partial charge on any atom is 0.309 e. The van der Waals surface area contributed by atoms with Gasteiger partial charge in [-0.05, 0) is 25.2 Å². The van der Waals surface area contributed by atoms with Gasteiger partial charge in [0.15, 0.2) is 0 Å². The van der Waals surface area contributed by atoms with E-state index in [0.29, 0.717) is 5.92 Å². The SMILES string of the molecule is CCCCC/C=C\[C@@H]1CC1C(=O)OC. The highest BCUT2D eigenvalue weighted by atomic mass is 16.5. The van der Waals surface area contributed by atoms with Crippen molar-refractivity contribution in [1.29, 1.82) is 0 Å². The minimum absolute atomic E-state index is 0.0480. The molecular weight excluding hydrogens is 176 g/mol. The number of carbonyl (C=O) groups is 1. The van der Waals surface area contributed by atoms with Crippen LogP contribution in [0.3, 0.4) is 0 Å². The van der Waals surface area contributed by atoms with E-state index in [-0.39, 0.29) is 11.9 Å². The average molecular weight is 196 g/mol. The highest BCUT2D eigenvalue weighted by molar-refractivity contribution is 5.76. The van der Waals surface area contributed by atoms with E-state index in [1.165, 1.54) is 26.4 Å². The molecule has 1 aliphatic carbocycles. The third-order valence-corrected chi connectivity index (χ3v) is 2.70. The van der Waals surface area contributed by atoms with Crippen LogP contribution in [-0.2, 0) is 9.53 Å². The molecule has 0 saturated heterocycles. The Labute approximate surface area is 86.3 Å². The van der Waals surface area contributed by atoms with Gasteiger partial charge in [0.1, 0.15) is 0 Å². The van der Waals surface area contributed by atoms with Gasteiger partial charge in [0.2, 0.25) is 0 Å². The molecule has 80 valence electrons. The normalized spacial score (nSPS) is 25.3. The van der Waals surface area contributed by atoms with Gasteiger partial charge in [0.05, 0.1) is 13.0 Å². The number of carbonyl (C=O) groups excluding carboxylic acids is 1. The molecule has 0 heterocycles. The summed E-state index contributed by atoms with van der Waals surface area (Å²) >= 11 is 0. The van der Waals surface area contributed by atoms with Gasteiger partial charge in [-0.1, -0.05) is 31.9 Å². The lowest BCUT2D eigenvalue weighted by atomic mass is 10.2. The first kappa shape index (κ1) is 11.3. The number of methoxy groups -OCH3 is 1. The molecule has 0 radical (unpaired) electrons. The lowest BCUT2D eigenvalue weighted by Crippen LogP contribution is -2.03. The number of unbranched alkanes of at least 4 members (excludes halogenated alkanes) is 3. The van der Waals surface area contributed by atoms with Crippen LogP contribution in [0.5, 0.6) is 0 Å². The second-order valence-electron chi connectivity index (χ2n) is 3.95. The molecular formula is C12H20O2. The Bertz CT molecular complexity index is 208. The zero-order valence-corrected chi connectivity index (χ0v) is 9.16. The van der Waals surface area contributed by atoms with Crippen LogP contribution in [0.1, 0.15) is 39.0 Å². The summed E-state index contributed by atoms with van der Waals surface area (Å²) in [6.07, 6.45) is 10.4. The van der Waals surface area contributed by atoms with Crippen LogP contribution in [0.4, 0.5) is 0 Å². The first-order chi connectivity index (χ1) is 6.79. The van der Waals surface area contributed by atoms with Crippen LogP contribution < -0.4 is 0 Å². The Balaban J connectivity index is 2.06. The molecule has 0 aromatic carbocycles. The molecule has 1 aliphatic rings. The van der Waals surface area contributed by atoms with Crippen molar-refractivity contribution in [2.75, 3.05) is 7.11 Å². The predicted molar refractivity (Wildman–Crippen MR) is 56.9 cm³/mol. The number of hydrogen-bond acceptors (Lipinski definition) is 2. The van der Waals surface area contributed by atoms with E-state index in [1.54, 1.807) is 0 Å². The average Bonchev–Trinajstić information content (AvgIpc) is 2.96. The third kappa shape index (κ3) is 3.52. The monoisotopic (exact) mass is 196 g/mol. The summed E-state index contributed by atoms with van der Waals surface area (Å²) in [4.78, 5) is 11.1. The molecule has 2 nitrogen and oxygen atoms in total. The van der Waals surface area contributed by atoms with Gasteiger partial charge in [-0.25, -0.2) is 0 Å². The van der Waals surface area contributed by atoms with Crippen LogP contribution in [0.2, 0.25) is 0 Å². The van der Waals surface area contributed by atoms with Gasteiger partial charge in [-0.3, -0.25) is 4.79 Å². The Morgan fingerprint density at radius 1 is 1.50 bits per heavy atom. The van der Waals surface area contributed by atoms with Gasteiger partial charge in [-0.15, -0.1) is 0 Å². The van der Waals surface area contributed by atoms with Crippen molar-refractivity contribution in [2.45, 2.75) is 39.0 Å². The van der Waals surface area contributed by atoms with E-state index < -0.39 is 0 Å². The molecule has 0 amide bonds. The largest absolute Gasteiger partial charge is 0.469 e. The number of ether oxygens (including phenoxy) is 1. The number of esters is 1. The first-order valence-corrected chi connectivity index (χ1v) is 5.54. The molecule has 2 heteroatoms. The fourth-order valence-electron chi connectivity index (χ4n) is 1.63. The minimum atomic E-state index is -0.0480.